The highest BCUT2D eigenvalue weighted by molar-refractivity contribution is 5.33. The van der Waals surface area contributed by atoms with Crippen molar-refractivity contribution in [3.05, 3.63) is 34.9 Å². The van der Waals surface area contributed by atoms with Crippen molar-refractivity contribution in [2.24, 2.45) is 0 Å². The molecule has 0 fully saturated rings. The number of hydrogen-bond acceptors (Lipinski definition) is 2. The first kappa shape index (κ1) is 8.12. The lowest BCUT2D eigenvalue weighted by Crippen LogP contribution is -2.25. The molecule has 0 saturated carbocycles. The van der Waals surface area contributed by atoms with E-state index in [0.29, 0.717) is 0 Å². The summed E-state index contributed by atoms with van der Waals surface area (Å²) in [5, 5.41) is 8.76. The van der Waals surface area contributed by atoms with E-state index in [-0.39, 0.29) is 0 Å². The number of aryl methyl sites for hydroxylation is 1. The van der Waals surface area contributed by atoms with Crippen LogP contribution in [0.15, 0.2) is 18.2 Å². The van der Waals surface area contributed by atoms with Crippen LogP contribution < -0.4 is 0 Å². The molecule has 0 aliphatic carbocycles. The van der Waals surface area contributed by atoms with Crippen LogP contribution in [0, 0.1) is 18.4 Å². The van der Waals surface area contributed by atoms with Crippen molar-refractivity contribution in [1.82, 2.24) is 4.90 Å². The third kappa shape index (κ3) is 1.50. The van der Waals surface area contributed by atoms with Crippen molar-refractivity contribution in [1.29, 1.82) is 5.26 Å². The highest BCUT2D eigenvalue weighted by Gasteiger charge is 2.13. The van der Waals surface area contributed by atoms with E-state index in [0.717, 1.165) is 19.5 Å². The Morgan fingerprint density at radius 3 is 3.00 bits per heavy atom. The van der Waals surface area contributed by atoms with Crippen molar-refractivity contribution in [3.8, 4) is 6.19 Å². The Hall–Kier alpha value is -1.49. The predicted octanol–water partition coefficient (Wildman–Crippen LogP) is 1.83. The van der Waals surface area contributed by atoms with Crippen molar-refractivity contribution in [3.63, 3.8) is 0 Å². The molecule has 1 aromatic rings. The first-order valence-corrected chi connectivity index (χ1v) is 4.52. The van der Waals surface area contributed by atoms with Gasteiger partial charge in [0.1, 0.15) is 0 Å². The second kappa shape index (κ2) is 3.10. The van der Waals surface area contributed by atoms with E-state index >= 15 is 0 Å². The van der Waals surface area contributed by atoms with Crippen molar-refractivity contribution in [2.75, 3.05) is 6.54 Å². The second-order valence-corrected chi connectivity index (χ2v) is 3.54. The van der Waals surface area contributed by atoms with Crippen LogP contribution in [0.4, 0.5) is 0 Å². The average molecular weight is 172 g/mol. The van der Waals surface area contributed by atoms with Crippen molar-refractivity contribution in [2.45, 2.75) is 19.9 Å². The van der Waals surface area contributed by atoms with Gasteiger partial charge in [-0.15, -0.1) is 0 Å². The molecule has 13 heavy (non-hydrogen) atoms. The van der Waals surface area contributed by atoms with Crippen LogP contribution in [0.3, 0.4) is 0 Å². The molecule has 0 atom stereocenters. The standard InChI is InChI=1S/C11H12N2/c1-9-2-3-10-4-5-13(8-12)7-11(10)6-9/h2-3,6H,4-5,7H2,1H3. The quantitative estimate of drug-likeness (QED) is 0.558. The molecule has 2 rings (SSSR count). The van der Waals surface area contributed by atoms with Gasteiger partial charge in [0, 0.05) is 6.54 Å². The minimum absolute atomic E-state index is 0.785. The van der Waals surface area contributed by atoms with Crippen LogP contribution in [0.1, 0.15) is 16.7 Å². The first-order chi connectivity index (χ1) is 6.29. The Balaban J connectivity index is 2.34. The second-order valence-electron chi connectivity index (χ2n) is 3.54. The van der Waals surface area contributed by atoms with Crippen LogP contribution in [0.25, 0.3) is 0 Å². The predicted molar refractivity (Wildman–Crippen MR) is 50.9 cm³/mol. The summed E-state index contributed by atoms with van der Waals surface area (Å²) in [6.07, 6.45) is 3.20. The number of fused-ring (bicyclic) bond motifs is 1. The molecule has 2 nitrogen and oxygen atoms in total. The van der Waals surface area contributed by atoms with Crippen LogP contribution in [-0.2, 0) is 13.0 Å². The van der Waals surface area contributed by atoms with Gasteiger partial charge in [0.2, 0.25) is 0 Å². The number of nitrogens with zero attached hydrogens (tertiary/aromatic N) is 2. The van der Waals surface area contributed by atoms with Gasteiger partial charge in [-0.25, -0.2) is 0 Å². The number of nitriles is 1. The van der Waals surface area contributed by atoms with E-state index in [4.69, 9.17) is 5.26 Å². The molecule has 0 radical (unpaired) electrons. The molecule has 1 heterocycles. The molecule has 0 aromatic heterocycles. The summed E-state index contributed by atoms with van der Waals surface area (Å²) in [5.41, 5.74) is 3.99. The molecular formula is C11H12N2. The molecule has 0 saturated heterocycles. The normalized spacial score (nSPS) is 14.9. The highest BCUT2D eigenvalue weighted by atomic mass is 15.1. The Labute approximate surface area is 78.4 Å². The van der Waals surface area contributed by atoms with Crippen LogP contribution in [0.5, 0.6) is 0 Å². The van der Waals surface area contributed by atoms with Crippen molar-refractivity contribution < 1.29 is 0 Å². The van der Waals surface area contributed by atoms with Crippen LogP contribution >= 0.6 is 0 Å². The van der Waals surface area contributed by atoms with E-state index in [1.54, 1.807) is 0 Å². The molecule has 0 N–H and O–H groups in total. The molecule has 0 unspecified atom stereocenters. The topological polar surface area (TPSA) is 27.0 Å². The third-order valence-electron chi connectivity index (χ3n) is 2.52. The Kier molecular flexibility index (Phi) is 1.94. The lowest BCUT2D eigenvalue weighted by Gasteiger charge is -2.24. The molecule has 1 aliphatic heterocycles. The zero-order valence-electron chi connectivity index (χ0n) is 7.75. The fourth-order valence-corrected chi connectivity index (χ4v) is 1.77. The Bertz CT molecular complexity index is 363. The summed E-state index contributed by atoms with van der Waals surface area (Å²) in [6, 6.07) is 6.50. The average Bonchev–Trinajstić information content (AvgIpc) is 2.16. The van der Waals surface area contributed by atoms with Gasteiger partial charge >= 0.3 is 0 Å². The lowest BCUT2D eigenvalue weighted by molar-refractivity contribution is 0.368. The summed E-state index contributed by atoms with van der Waals surface area (Å²) < 4.78 is 0. The molecule has 1 aromatic carbocycles. The maximum Gasteiger partial charge on any atom is 0.179 e. The van der Waals surface area contributed by atoms with E-state index < -0.39 is 0 Å². The van der Waals surface area contributed by atoms with E-state index in [9.17, 15) is 0 Å². The summed E-state index contributed by atoms with van der Waals surface area (Å²) in [6.45, 7) is 3.74. The van der Waals surface area contributed by atoms with Gasteiger partial charge in [0.15, 0.2) is 6.19 Å². The molecular weight excluding hydrogens is 160 g/mol. The minimum atomic E-state index is 0.785. The third-order valence-corrected chi connectivity index (χ3v) is 2.52. The number of rotatable bonds is 0. The largest absolute Gasteiger partial charge is 0.306 e. The van der Waals surface area contributed by atoms with Gasteiger partial charge < -0.3 is 4.90 Å². The smallest absolute Gasteiger partial charge is 0.179 e. The number of hydrogen-bond donors (Lipinski definition) is 0. The maximum absolute atomic E-state index is 8.76. The van der Waals surface area contributed by atoms with Crippen molar-refractivity contribution >= 4 is 0 Å². The Morgan fingerprint density at radius 1 is 1.38 bits per heavy atom. The van der Waals surface area contributed by atoms with E-state index in [1.165, 1.54) is 16.7 Å². The van der Waals surface area contributed by atoms with Crippen LogP contribution in [0.2, 0.25) is 0 Å². The van der Waals surface area contributed by atoms with Gasteiger partial charge in [-0.1, -0.05) is 23.8 Å². The van der Waals surface area contributed by atoms with E-state index in [1.807, 2.05) is 4.90 Å². The fraction of sp³-hybridized carbons (Fsp3) is 0.364. The Morgan fingerprint density at radius 2 is 2.23 bits per heavy atom. The maximum atomic E-state index is 8.76. The summed E-state index contributed by atoms with van der Waals surface area (Å²) in [7, 11) is 0. The summed E-state index contributed by atoms with van der Waals surface area (Å²) in [5.74, 6) is 0. The molecule has 0 amide bonds. The summed E-state index contributed by atoms with van der Waals surface area (Å²) in [4.78, 5) is 1.81. The van der Waals surface area contributed by atoms with Crippen LogP contribution in [-0.4, -0.2) is 11.4 Å². The summed E-state index contributed by atoms with van der Waals surface area (Å²) >= 11 is 0. The molecule has 0 spiro atoms. The minimum Gasteiger partial charge on any atom is -0.306 e. The van der Waals surface area contributed by atoms with Gasteiger partial charge in [-0.2, -0.15) is 5.26 Å². The lowest BCUT2D eigenvalue weighted by atomic mass is 9.98. The zero-order valence-corrected chi connectivity index (χ0v) is 7.75. The van der Waals surface area contributed by atoms with Gasteiger partial charge in [0.25, 0.3) is 0 Å². The first-order valence-electron chi connectivity index (χ1n) is 4.52. The SMILES string of the molecule is Cc1ccc2c(c1)CN(C#N)CC2. The highest BCUT2D eigenvalue weighted by Crippen LogP contribution is 2.19. The molecule has 66 valence electrons. The number of benzene rings is 1. The van der Waals surface area contributed by atoms with Gasteiger partial charge in [0.05, 0.1) is 6.54 Å². The van der Waals surface area contributed by atoms with Gasteiger partial charge in [-0.3, -0.25) is 0 Å². The molecule has 1 aliphatic rings. The monoisotopic (exact) mass is 172 g/mol. The zero-order chi connectivity index (χ0) is 9.26. The van der Waals surface area contributed by atoms with Gasteiger partial charge in [-0.05, 0) is 24.5 Å². The molecule has 0 bridgehead atoms. The molecule has 2 heteroatoms. The fourth-order valence-electron chi connectivity index (χ4n) is 1.77. The van der Waals surface area contributed by atoms with E-state index in [2.05, 4.69) is 31.3 Å².